The second-order valence-corrected chi connectivity index (χ2v) is 27.9. The molecule has 0 radical (unpaired) electrons. The van der Waals surface area contributed by atoms with Crippen molar-refractivity contribution in [3.63, 3.8) is 0 Å². The first-order valence-electron chi connectivity index (χ1n) is 33.5. The second-order valence-electron chi connectivity index (χ2n) is 27.9. The van der Waals surface area contributed by atoms with Crippen LogP contribution in [-0.2, 0) is 71.7 Å². The number of rotatable bonds is 22. The zero-order chi connectivity index (χ0) is 71.8. The molecule has 93 heavy (non-hydrogen) atoms. The summed E-state index contributed by atoms with van der Waals surface area (Å²) in [6.45, 7) is 29.1. The van der Waals surface area contributed by atoms with E-state index in [0.29, 0.717) is 12.8 Å². The number of hydrogen-bond donors (Lipinski definition) is 4. The van der Waals surface area contributed by atoms with E-state index in [1.54, 1.807) is 41.5 Å². The number of carbonyl (C=O) groups excluding carboxylic acids is 12. The third-order valence-corrected chi connectivity index (χ3v) is 17.2. The fourth-order valence-corrected chi connectivity index (χ4v) is 11.5. The van der Waals surface area contributed by atoms with E-state index in [0.717, 1.165) is 16.2 Å². The van der Waals surface area contributed by atoms with Gasteiger partial charge in [0.05, 0.1) is 19.8 Å². The first kappa shape index (κ1) is 84.6. The number of amides is 11. The molecule has 4 N–H and O–H groups in total. The number of ether oxygens (including phenoxy) is 3. The Balaban J connectivity index is 4.50. The number of hydrogen-bond acceptors (Lipinski definition) is 15. The highest BCUT2D eigenvalue weighted by atomic mass is 16.6. The van der Waals surface area contributed by atoms with Crippen LogP contribution >= 0.6 is 0 Å². The van der Waals surface area contributed by atoms with Gasteiger partial charge in [-0.15, -0.1) is 0 Å². The van der Waals surface area contributed by atoms with E-state index < -0.39 is 168 Å². The molecule has 26 heteroatoms. The molecule has 11 amide bonds. The fraction of sp³-hybridized carbons (Fsp3) is 0.821. The lowest BCUT2D eigenvalue weighted by molar-refractivity contribution is -0.169. The predicted octanol–water partition coefficient (Wildman–Crippen LogP) is 3.71. The fourth-order valence-electron chi connectivity index (χ4n) is 11.5. The molecule has 0 aromatic carbocycles. The normalized spacial score (nSPS) is 25.5. The van der Waals surface area contributed by atoms with Crippen molar-refractivity contribution in [1.82, 2.24) is 55.6 Å². The molecule has 1 saturated heterocycles. The lowest BCUT2D eigenvalue weighted by atomic mass is 9.90. The van der Waals surface area contributed by atoms with Gasteiger partial charge in [-0.05, 0) is 93.8 Å². The third-order valence-electron chi connectivity index (χ3n) is 17.2. The first-order chi connectivity index (χ1) is 43.1. The lowest BCUT2D eigenvalue weighted by Gasteiger charge is -2.42. The minimum absolute atomic E-state index is 0.0198. The van der Waals surface area contributed by atoms with E-state index in [1.165, 1.54) is 94.8 Å². The average Bonchev–Trinajstić information content (AvgIpc) is 0.817. The molecule has 1 aliphatic rings. The van der Waals surface area contributed by atoms with Gasteiger partial charge in [0.2, 0.25) is 65.0 Å². The topological polar surface area (TPSA) is 303 Å². The van der Waals surface area contributed by atoms with Crippen molar-refractivity contribution in [1.29, 1.82) is 0 Å². The maximum atomic E-state index is 15.6. The predicted molar refractivity (Wildman–Crippen MR) is 355 cm³/mol. The molecule has 0 spiro atoms. The summed E-state index contributed by atoms with van der Waals surface area (Å²) in [4.78, 5) is 185. The highest BCUT2D eigenvalue weighted by Crippen LogP contribution is 2.27. The van der Waals surface area contributed by atoms with Gasteiger partial charge in [0.25, 0.3) is 0 Å². The molecule has 12 unspecified atom stereocenters. The van der Waals surface area contributed by atoms with Gasteiger partial charge in [-0.3, -0.25) is 52.7 Å². The summed E-state index contributed by atoms with van der Waals surface area (Å²) >= 11 is 0. The molecule has 0 saturated carbocycles. The smallest absolute Gasteiger partial charge is 0.332 e. The first-order valence-corrected chi connectivity index (χ1v) is 33.5. The number of carbonyl (C=O) groups is 12. The number of nitrogens with one attached hydrogen (secondary N) is 4. The summed E-state index contributed by atoms with van der Waals surface area (Å²) < 4.78 is 16.8. The van der Waals surface area contributed by atoms with Gasteiger partial charge in [-0.25, -0.2) is 4.79 Å². The Labute approximate surface area is 556 Å². The second kappa shape index (κ2) is 40.1. The van der Waals surface area contributed by atoms with Crippen LogP contribution in [0.15, 0.2) is 0 Å². The minimum atomic E-state index is -1.65. The van der Waals surface area contributed by atoms with Crippen molar-refractivity contribution in [2.24, 2.45) is 41.4 Å². The molecule has 1 aliphatic heterocycles. The highest BCUT2D eigenvalue weighted by Gasteiger charge is 2.47. The summed E-state index contributed by atoms with van der Waals surface area (Å²) in [6.07, 6.45) is 0.930. The molecule has 534 valence electrons. The van der Waals surface area contributed by atoms with E-state index in [-0.39, 0.29) is 69.0 Å². The van der Waals surface area contributed by atoms with Crippen LogP contribution in [0.4, 0.5) is 0 Å². The highest BCUT2D eigenvalue weighted by molar-refractivity contribution is 5.99. The molecule has 26 nitrogen and oxygen atoms in total. The average molecular weight is 1320 g/mol. The van der Waals surface area contributed by atoms with Crippen LogP contribution in [0.2, 0.25) is 0 Å². The molecule has 1 heterocycles. The van der Waals surface area contributed by atoms with E-state index >= 15 is 19.2 Å². The molecule has 12 atom stereocenters. The van der Waals surface area contributed by atoms with Crippen molar-refractivity contribution in [2.45, 2.75) is 236 Å². The van der Waals surface area contributed by atoms with Gasteiger partial charge >= 0.3 is 5.97 Å². The molecule has 0 bridgehead atoms. The van der Waals surface area contributed by atoms with E-state index in [1.807, 2.05) is 62.3 Å². The largest absolute Gasteiger partial charge is 0.458 e. The number of likely N-dealkylation sites (N-methyl/N-ethyl adjacent to an activating group) is 7. The van der Waals surface area contributed by atoms with E-state index in [2.05, 4.69) is 21.3 Å². The van der Waals surface area contributed by atoms with Gasteiger partial charge < -0.3 is 69.8 Å². The maximum Gasteiger partial charge on any atom is 0.332 e. The standard InChI is InChI=1S/C67H121N11O15/c1-26-28-29-44(15)57(93-53(80)37-92-31-30-91-25)56-61(84)70-47(27-2)63(86)72(18)36-52(79)73(19)48(32-38(3)4)60(83)71-54(42(11)12)66(89)74(20)49(33-39(5)6)59(82)68-45(16)58(81)69-46(17)62(85)75(21)50(34-40(7)8)64(87)76(22)51(35-41(9)10)65(88)77(23)55(43(13)14)67(90)78(56)24/h38-51,54-57H,26-37H2,1-25H3,(H,68,82)(H,69,81)(H,70,84)(H,71,83). The molecule has 1 fully saturated rings. The van der Waals surface area contributed by atoms with Crippen LogP contribution in [0.3, 0.4) is 0 Å². The van der Waals surface area contributed by atoms with Crippen molar-refractivity contribution in [3.05, 3.63) is 0 Å². The van der Waals surface area contributed by atoms with Crippen molar-refractivity contribution < 1.29 is 71.7 Å². The Hall–Kier alpha value is -6.44. The van der Waals surface area contributed by atoms with Crippen molar-refractivity contribution >= 4 is 70.9 Å². The third kappa shape index (κ3) is 25.3. The Morgan fingerprint density at radius 3 is 1.41 bits per heavy atom. The van der Waals surface area contributed by atoms with Gasteiger partial charge in [0.15, 0.2) is 0 Å². The number of esters is 1. The van der Waals surface area contributed by atoms with Gasteiger partial charge in [0.1, 0.15) is 73.1 Å². The Bertz CT molecular complexity index is 2490. The van der Waals surface area contributed by atoms with Gasteiger partial charge in [-0.2, -0.15) is 0 Å². The van der Waals surface area contributed by atoms with Crippen LogP contribution in [0, 0.1) is 41.4 Å². The number of nitrogens with zero attached hydrogens (tertiary/aromatic N) is 7. The zero-order valence-electron chi connectivity index (χ0n) is 61.1. The molecule has 0 aromatic heterocycles. The molecule has 0 aromatic rings. The minimum Gasteiger partial charge on any atom is -0.458 e. The Kier molecular flexibility index (Phi) is 36.4. The Morgan fingerprint density at radius 2 is 0.935 bits per heavy atom. The van der Waals surface area contributed by atoms with Crippen LogP contribution in [0.25, 0.3) is 0 Å². The van der Waals surface area contributed by atoms with Gasteiger partial charge in [-0.1, -0.05) is 117 Å². The van der Waals surface area contributed by atoms with Gasteiger partial charge in [0, 0.05) is 56.4 Å². The summed E-state index contributed by atoms with van der Waals surface area (Å²) in [5.74, 6) is -10.9. The number of unbranched alkanes of at least 4 members (excludes halogenated alkanes) is 1. The molecular weight excluding hydrogens is 1200 g/mol. The summed E-state index contributed by atoms with van der Waals surface area (Å²) in [5.41, 5.74) is 0. The quantitative estimate of drug-likeness (QED) is 0.0888. The summed E-state index contributed by atoms with van der Waals surface area (Å²) in [6, 6.07) is -12.7. The SMILES string of the molecule is CCCCC(C)C(OC(=O)COCCOC)C1C(=O)NC(CC)C(=O)N(C)CC(=O)N(C)C(CC(C)C)C(=O)NC(C(C)C)C(=O)N(C)C(CC(C)C)C(=O)NC(C)C(=O)NC(C)C(=O)N(C)C(CC(C)C)C(=O)N(C)C(CC(C)C)C(=O)N(C)C(C(C)C)C(=O)N1C. The van der Waals surface area contributed by atoms with Crippen LogP contribution < -0.4 is 21.3 Å². The summed E-state index contributed by atoms with van der Waals surface area (Å²) in [7, 11) is 11.4. The van der Waals surface area contributed by atoms with Crippen molar-refractivity contribution in [2.75, 3.05) is 82.8 Å². The van der Waals surface area contributed by atoms with Crippen LogP contribution in [0.1, 0.15) is 169 Å². The Morgan fingerprint density at radius 1 is 0.484 bits per heavy atom. The lowest BCUT2D eigenvalue weighted by Crippen LogP contribution is -2.64. The van der Waals surface area contributed by atoms with E-state index in [4.69, 9.17) is 14.2 Å². The van der Waals surface area contributed by atoms with Crippen LogP contribution in [0.5, 0.6) is 0 Å². The summed E-state index contributed by atoms with van der Waals surface area (Å²) in [5, 5.41) is 11.1. The molecule has 0 aliphatic carbocycles. The molecular formula is C67H121N11O15. The van der Waals surface area contributed by atoms with E-state index in [9.17, 15) is 38.4 Å². The number of methoxy groups -OCH3 is 1. The monoisotopic (exact) mass is 1320 g/mol. The van der Waals surface area contributed by atoms with Crippen LogP contribution in [-0.4, -0.2) is 255 Å². The zero-order valence-corrected chi connectivity index (χ0v) is 61.1. The van der Waals surface area contributed by atoms with Crippen molar-refractivity contribution in [3.8, 4) is 0 Å². The molecule has 1 rings (SSSR count). The maximum absolute atomic E-state index is 15.6.